The molecule has 0 bridgehead atoms. The standard InChI is InChI=1S/C6H11NO3/c1-7-5(3-9-2)4-10-6(7)8/h5H,3-4H2,1-2H3/t5-/m1/s1. The fraction of sp³-hybridized carbons (Fsp3) is 0.833. The van der Waals surface area contributed by atoms with Crippen molar-refractivity contribution in [3.63, 3.8) is 0 Å². The van der Waals surface area contributed by atoms with Gasteiger partial charge in [0.05, 0.1) is 12.6 Å². The second-order valence-electron chi connectivity index (χ2n) is 2.30. The summed E-state index contributed by atoms with van der Waals surface area (Å²) in [7, 11) is 3.32. The number of ether oxygens (including phenoxy) is 2. The molecule has 0 spiro atoms. The highest BCUT2D eigenvalue weighted by molar-refractivity contribution is 5.69. The first-order valence-corrected chi connectivity index (χ1v) is 3.14. The Balaban J connectivity index is 2.41. The lowest BCUT2D eigenvalue weighted by Crippen LogP contribution is -2.32. The van der Waals surface area contributed by atoms with Crippen LogP contribution in [0.25, 0.3) is 0 Å². The summed E-state index contributed by atoms with van der Waals surface area (Å²) in [6, 6.07) is 0.0949. The van der Waals surface area contributed by atoms with Crippen LogP contribution in [0, 0.1) is 0 Å². The average molecular weight is 145 g/mol. The van der Waals surface area contributed by atoms with Crippen molar-refractivity contribution in [3.8, 4) is 0 Å². The number of amides is 1. The SMILES string of the molecule is COC[C@@H]1COC(=O)N1C. The highest BCUT2D eigenvalue weighted by Crippen LogP contribution is 2.08. The normalized spacial score (nSPS) is 25.2. The van der Waals surface area contributed by atoms with Gasteiger partial charge in [0.25, 0.3) is 0 Å². The summed E-state index contributed by atoms with van der Waals surface area (Å²) in [5.41, 5.74) is 0. The highest BCUT2D eigenvalue weighted by atomic mass is 16.6. The molecular formula is C6H11NO3. The number of carbonyl (C=O) groups excluding carboxylic acids is 1. The van der Waals surface area contributed by atoms with Gasteiger partial charge >= 0.3 is 6.09 Å². The topological polar surface area (TPSA) is 38.8 Å². The van der Waals surface area contributed by atoms with Crippen molar-refractivity contribution < 1.29 is 14.3 Å². The minimum Gasteiger partial charge on any atom is -0.447 e. The number of carbonyl (C=O) groups is 1. The Morgan fingerprint density at radius 1 is 1.90 bits per heavy atom. The van der Waals surface area contributed by atoms with Crippen LogP contribution in [0.3, 0.4) is 0 Å². The van der Waals surface area contributed by atoms with E-state index in [2.05, 4.69) is 0 Å². The molecule has 1 atom stereocenters. The van der Waals surface area contributed by atoms with Crippen LogP contribution in [0.1, 0.15) is 0 Å². The predicted octanol–water partition coefficient (Wildman–Crippen LogP) is 0.0834. The van der Waals surface area contributed by atoms with Crippen molar-refractivity contribution in [2.45, 2.75) is 6.04 Å². The molecule has 1 fully saturated rings. The van der Waals surface area contributed by atoms with Gasteiger partial charge in [-0.1, -0.05) is 0 Å². The number of cyclic esters (lactones) is 1. The van der Waals surface area contributed by atoms with Gasteiger partial charge in [-0.05, 0) is 0 Å². The second kappa shape index (κ2) is 2.88. The monoisotopic (exact) mass is 145 g/mol. The Morgan fingerprint density at radius 3 is 3.00 bits per heavy atom. The van der Waals surface area contributed by atoms with E-state index in [9.17, 15) is 4.79 Å². The average Bonchev–Trinajstić information content (AvgIpc) is 2.20. The molecule has 1 rings (SSSR count). The summed E-state index contributed by atoms with van der Waals surface area (Å²) in [5, 5.41) is 0. The maximum atomic E-state index is 10.7. The lowest BCUT2D eigenvalue weighted by atomic mass is 10.3. The molecular weight excluding hydrogens is 134 g/mol. The first-order valence-electron chi connectivity index (χ1n) is 3.14. The van der Waals surface area contributed by atoms with Gasteiger partial charge in [0.15, 0.2) is 0 Å². The molecule has 58 valence electrons. The Hall–Kier alpha value is -0.770. The quantitative estimate of drug-likeness (QED) is 0.552. The fourth-order valence-electron chi connectivity index (χ4n) is 0.882. The zero-order valence-corrected chi connectivity index (χ0v) is 6.16. The van der Waals surface area contributed by atoms with Crippen LogP contribution in [0.4, 0.5) is 4.79 Å². The van der Waals surface area contributed by atoms with E-state index in [1.54, 1.807) is 19.1 Å². The van der Waals surface area contributed by atoms with E-state index in [-0.39, 0.29) is 12.1 Å². The van der Waals surface area contributed by atoms with Gasteiger partial charge in [0.2, 0.25) is 0 Å². The van der Waals surface area contributed by atoms with E-state index in [1.807, 2.05) is 0 Å². The molecule has 1 aliphatic rings. The van der Waals surface area contributed by atoms with Crippen molar-refractivity contribution in [2.24, 2.45) is 0 Å². The maximum Gasteiger partial charge on any atom is 0.410 e. The van der Waals surface area contributed by atoms with E-state index in [0.29, 0.717) is 13.2 Å². The van der Waals surface area contributed by atoms with Gasteiger partial charge in [0, 0.05) is 14.2 Å². The van der Waals surface area contributed by atoms with Crippen LogP contribution < -0.4 is 0 Å². The Morgan fingerprint density at radius 2 is 2.60 bits per heavy atom. The Bertz CT molecular complexity index is 137. The van der Waals surface area contributed by atoms with Crippen molar-refractivity contribution in [1.29, 1.82) is 0 Å². The van der Waals surface area contributed by atoms with E-state index in [0.717, 1.165) is 0 Å². The lowest BCUT2D eigenvalue weighted by molar-refractivity contribution is 0.137. The molecule has 0 aromatic rings. The summed E-state index contributed by atoms with van der Waals surface area (Å²) >= 11 is 0. The second-order valence-corrected chi connectivity index (χ2v) is 2.30. The predicted molar refractivity (Wildman–Crippen MR) is 34.8 cm³/mol. The van der Waals surface area contributed by atoms with Gasteiger partial charge in [0.1, 0.15) is 6.61 Å². The Kier molecular flexibility index (Phi) is 2.11. The molecule has 1 amide bonds. The Labute approximate surface area is 59.7 Å². The number of likely N-dealkylation sites (N-methyl/N-ethyl adjacent to an activating group) is 1. The summed E-state index contributed by atoms with van der Waals surface area (Å²) in [6.07, 6.45) is -0.262. The first kappa shape index (κ1) is 7.34. The van der Waals surface area contributed by atoms with Crippen LogP contribution in [0.2, 0.25) is 0 Å². The molecule has 4 nitrogen and oxygen atoms in total. The van der Waals surface area contributed by atoms with Crippen LogP contribution in [0.15, 0.2) is 0 Å². The number of hydrogen-bond donors (Lipinski definition) is 0. The van der Waals surface area contributed by atoms with Gasteiger partial charge < -0.3 is 14.4 Å². The molecule has 4 heteroatoms. The molecule has 1 heterocycles. The molecule has 0 aliphatic carbocycles. The molecule has 0 aromatic heterocycles. The summed E-state index contributed by atoms with van der Waals surface area (Å²) in [4.78, 5) is 12.3. The van der Waals surface area contributed by atoms with Crippen LogP contribution >= 0.6 is 0 Å². The molecule has 1 aliphatic heterocycles. The summed E-state index contributed by atoms with van der Waals surface area (Å²) < 4.78 is 9.61. The molecule has 0 saturated carbocycles. The van der Waals surface area contributed by atoms with Gasteiger partial charge in [-0.3, -0.25) is 0 Å². The highest BCUT2D eigenvalue weighted by Gasteiger charge is 2.28. The molecule has 0 radical (unpaired) electrons. The molecule has 0 unspecified atom stereocenters. The fourth-order valence-corrected chi connectivity index (χ4v) is 0.882. The van der Waals surface area contributed by atoms with E-state index < -0.39 is 0 Å². The third kappa shape index (κ3) is 1.21. The van der Waals surface area contributed by atoms with Crippen molar-refractivity contribution >= 4 is 6.09 Å². The number of hydrogen-bond acceptors (Lipinski definition) is 3. The minimum absolute atomic E-state index is 0.0949. The number of rotatable bonds is 2. The van der Waals surface area contributed by atoms with Crippen molar-refractivity contribution in [1.82, 2.24) is 4.90 Å². The summed E-state index contributed by atoms with van der Waals surface area (Å²) in [6.45, 7) is 0.991. The zero-order chi connectivity index (χ0) is 7.56. The molecule has 0 N–H and O–H groups in total. The van der Waals surface area contributed by atoms with Crippen LogP contribution in [-0.2, 0) is 9.47 Å². The molecule has 1 saturated heterocycles. The summed E-state index contributed by atoms with van der Waals surface area (Å²) in [5.74, 6) is 0. The first-order chi connectivity index (χ1) is 4.75. The van der Waals surface area contributed by atoms with E-state index in [4.69, 9.17) is 9.47 Å². The number of methoxy groups -OCH3 is 1. The molecule has 0 aromatic carbocycles. The van der Waals surface area contributed by atoms with Gasteiger partial charge in [-0.25, -0.2) is 4.79 Å². The zero-order valence-electron chi connectivity index (χ0n) is 6.16. The van der Waals surface area contributed by atoms with E-state index in [1.165, 1.54) is 0 Å². The third-order valence-electron chi connectivity index (χ3n) is 1.59. The van der Waals surface area contributed by atoms with Crippen LogP contribution in [-0.4, -0.2) is 44.4 Å². The molecule has 10 heavy (non-hydrogen) atoms. The minimum atomic E-state index is -0.262. The third-order valence-corrected chi connectivity index (χ3v) is 1.59. The van der Waals surface area contributed by atoms with Gasteiger partial charge in [-0.2, -0.15) is 0 Å². The largest absolute Gasteiger partial charge is 0.447 e. The van der Waals surface area contributed by atoms with E-state index >= 15 is 0 Å². The number of nitrogens with zero attached hydrogens (tertiary/aromatic N) is 1. The maximum absolute atomic E-state index is 10.7. The smallest absolute Gasteiger partial charge is 0.410 e. The van der Waals surface area contributed by atoms with Crippen molar-refractivity contribution in [2.75, 3.05) is 27.4 Å². The van der Waals surface area contributed by atoms with Crippen LogP contribution in [0.5, 0.6) is 0 Å². The van der Waals surface area contributed by atoms with Crippen molar-refractivity contribution in [3.05, 3.63) is 0 Å². The van der Waals surface area contributed by atoms with Gasteiger partial charge in [-0.15, -0.1) is 0 Å². The lowest BCUT2D eigenvalue weighted by Gasteiger charge is -2.13.